The number of rotatable bonds is 5. The molecule has 3 N–H and O–H groups in total. The number of nitrogen functional groups attached to an aromatic ring is 1. The van der Waals surface area contributed by atoms with Gasteiger partial charge in [-0.2, -0.15) is 5.10 Å². The summed E-state index contributed by atoms with van der Waals surface area (Å²) >= 11 is 0. The van der Waals surface area contributed by atoms with E-state index in [-0.39, 0.29) is 0 Å². The van der Waals surface area contributed by atoms with Crippen LogP contribution in [0.3, 0.4) is 0 Å². The molecule has 18 heavy (non-hydrogen) atoms. The Labute approximate surface area is 106 Å². The molecule has 0 aliphatic heterocycles. The predicted octanol–water partition coefficient (Wildman–Crippen LogP) is 1.37. The molecule has 2 aromatic rings. The molecule has 0 spiro atoms. The van der Waals surface area contributed by atoms with Gasteiger partial charge in [0.25, 0.3) is 0 Å². The van der Waals surface area contributed by atoms with Crippen LogP contribution in [0, 0.1) is 13.8 Å². The third-order valence-electron chi connectivity index (χ3n) is 2.60. The second-order valence-electron chi connectivity index (χ2n) is 4.27. The lowest BCUT2D eigenvalue weighted by Gasteiger charge is -2.06. The van der Waals surface area contributed by atoms with Crippen molar-refractivity contribution in [3.63, 3.8) is 0 Å². The Morgan fingerprint density at radius 1 is 1.28 bits per heavy atom. The summed E-state index contributed by atoms with van der Waals surface area (Å²) in [5.74, 6) is 0.609. The summed E-state index contributed by atoms with van der Waals surface area (Å²) in [5, 5.41) is 7.56. The molecular formula is C12H18N6. The third-order valence-corrected chi connectivity index (χ3v) is 2.60. The van der Waals surface area contributed by atoms with Gasteiger partial charge in [0.05, 0.1) is 23.8 Å². The summed E-state index contributed by atoms with van der Waals surface area (Å²) in [6.45, 7) is 5.77. The highest BCUT2D eigenvalue weighted by Gasteiger charge is 2.00. The maximum atomic E-state index is 5.51. The smallest absolute Gasteiger partial charge is 0.222 e. The Balaban J connectivity index is 1.76. The second-order valence-corrected chi connectivity index (χ2v) is 4.27. The molecule has 0 aliphatic carbocycles. The summed E-state index contributed by atoms with van der Waals surface area (Å²) in [6.07, 6.45) is 4.16. The van der Waals surface area contributed by atoms with Crippen molar-refractivity contribution in [1.29, 1.82) is 0 Å². The Morgan fingerprint density at radius 2 is 2.00 bits per heavy atom. The van der Waals surface area contributed by atoms with Crippen LogP contribution < -0.4 is 11.1 Å². The minimum atomic E-state index is 0.572. The van der Waals surface area contributed by atoms with E-state index in [1.165, 1.54) is 5.69 Å². The van der Waals surface area contributed by atoms with Crippen LogP contribution in [0.4, 0.5) is 11.6 Å². The third kappa shape index (κ3) is 3.19. The number of nitrogens with two attached hydrogens (primary N) is 1. The molecule has 0 saturated heterocycles. The number of nitrogens with zero attached hydrogens (tertiary/aromatic N) is 4. The van der Waals surface area contributed by atoms with E-state index in [0.717, 1.165) is 25.2 Å². The van der Waals surface area contributed by atoms with Crippen LogP contribution >= 0.6 is 0 Å². The summed E-state index contributed by atoms with van der Waals surface area (Å²) in [7, 11) is 0. The van der Waals surface area contributed by atoms with Crippen LogP contribution in [0.1, 0.15) is 17.8 Å². The number of nitrogens with one attached hydrogen (secondary N) is 1. The van der Waals surface area contributed by atoms with Gasteiger partial charge in [-0.15, -0.1) is 0 Å². The molecule has 0 atom stereocenters. The first-order valence-electron chi connectivity index (χ1n) is 5.97. The monoisotopic (exact) mass is 246 g/mol. The van der Waals surface area contributed by atoms with E-state index in [4.69, 9.17) is 5.73 Å². The van der Waals surface area contributed by atoms with E-state index in [0.29, 0.717) is 11.6 Å². The fourth-order valence-corrected chi connectivity index (χ4v) is 1.76. The molecule has 2 heterocycles. The summed E-state index contributed by atoms with van der Waals surface area (Å²) < 4.78 is 2.01. The quantitative estimate of drug-likeness (QED) is 0.779. The van der Waals surface area contributed by atoms with Gasteiger partial charge in [-0.25, -0.2) is 9.97 Å². The number of hydrogen-bond acceptors (Lipinski definition) is 5. The first kappa shape index (κ1) is 12.3. The Hall–Kier alpha value is -2.11. The average molecular weight is 246 g/mol. The lowest BCUT2D eigenvalue weighted by Crippen LogP contribution is -2.10. The van der Waals surface area contributed by atoms with Gasteiger partial charge >= 0.3 is 0 Å². The number of anilines is 2. The van der Waals surface area contributed by atoms with Crippen LogP contribution in [-0.2, 0) is 6.54 Å². The number of aromatic nitrogens is 4. The first-order chi connectivity index (χ1) is 8.65. The average Bonchev–Trinajstić information content (AvgIpc) is 2.66. The van der Waals surface area contributed by atoms with Crippen molar-refractivity contribution in [2.45, 2.75) is 26.8 Å². The SMILES string of the molecule is Cc1cc(C)n(CCCNc2ncc(N)cn2)n1. The van der Waals surface area contributed by atoms with Gasteiger partial charge in [-0.1, -0.05) is 0 Å². The molecule has 0 fully saturated rings. The van der Waals surface area contributed by atoms with E-state index < -0.39 is 0 Å². The predicted molar refractivity (Wildman–Crippen MR) is 71.3 cm³/mol. The molecule has 6 heteroatoms. The van der Waals surface area contributed by atoms with Crippen molar-refractivity contribution in [3.8, 4) is 0 Å². The van der Waals surface area contributed by atoms with Crippen molar-refractivity contribution in [2.24, 2.45) is 0 Å². The van der Waals surface area contributed by atoms with Crippen molar-refractivity contribution in [1.82, 2.24) is 19.7 Å². The molecule has 0 unspecified atom stereocenters. The maximum Gasteiger partial charge on any atom is 0.222 e. The maximum absolute atomic E-state index is 5.51. The molecule has 0 aromatic carbocycles. The minimum Gasteiger partial charge on any atom is -0.396 e. The van der Waals surface area contributed by atoms with Gasteiger partial charge in [0, 0.05) is 18.8 Å². The van der Waals surface area contributed by atoms with Gasteiger partial charge in [-0.05, 0) is 26.3 Å². The van der Waals surface area contributed by atoms with Gasteiger partial charge in [0.2, 0.25) is 5.95 Å². The zero-order valence-electron chi connectivity index (χ0n) is 10.7. The van der Waals surface area contributed by atoms with Crippen LogP contribution in [-0.4, -0.2) is 26.3 Å². The molecular weight excluding hydrogens is 228 g/mol. The highest BCUT2D eigenvalue weighted by atomic mass is 15.3. The standard InChI is InChI=1S/C12H18N6/c1-9-6-10(2)18(17-9)5-3-4-14-12-15-7-11(13)8-16-12/h6-8H,3-5,13H2,1-2H3,(H,14,15,16). The van der Waals surface area contributed by atoms with Gasteiger partial charge < -0.3 is 11.1 Å². The van der Waals surface area contributed by atoms with E-state index >= 15 is 0 Å². The summed E-state index contributed by atoms with van der Waals surface area (Å²) in [4.78, 5) is 8.15. The number of hydrogen-bond donors (Lipinski definition) is 2. The lowest BCUT2D eigenvalue weighted by atomic mass is 10.4. The largest absolute Gasteiger partial charge is 0.396 e. The molecule has 2 rings (SSSR count). The van der Waals surface area contributed by atoms with E-state index in [1.54, 1.807) is 12.4 Å². The Kier molecular flexibility index (Phi) is 3.76. The fraction of sp³-hybridized carbons (Fsp3) is 0.417. The Bertz CT molecular complexity index is 502. The fourth-order valence-electron chi connectivity index (χ4n) is 1.76. The summed E-state index contributed by atoms with van der Waals surface area (Å²) in [5.41, 5.74) is 8.33. The molecule has 2 aromatic heterocycles. The van der Waals surface area contributed by atoms with E-state index in [1.807, 2.05) is 11.6 Å². The van der Waals surface area contributed by atoms with Crippen molar-refractivity contribution in [2.75, 3.05) is 17.6 Å². The van der Waals surface area contributed by atoms with E-state index in [9.17, 15) is 0 Å². The highest BCUT2D eigenvalue weighted by Crippen LogP contribution is 2.04. The highest BCUT2D eigenvalue weighted by molar-refractivity contribution is 5.35. The second kappa shape index (κ2) is 5.48. The molecule has 0 amide bonds. The van der Waals surface area contributed by atoms with Gasteiger partial charge in [-0.3, -0.25) is 4.68 Å². The van der Waals surface area contributed by atoms with Crippen molar-refractivity contribution >= 4 is 11.6 Å². The molecule has 0 bridgehead atoms. The normalized spacial score (nSPS) is 10.6. The van der Waals surface area contributed by atoms with E-state index in [2.05, 4.69) is 33.4 Å². The lowest BCUT2D eigenvalue weighted by molar-refractivity contribution is 0.573. The van der Waals surface area contributed by atoms with Crippen molar-refractivity contribution < 1.29 is 0 Å². The molecule has 0 aliphatic rings. The minimum absolute atomic E-state index is 0.572. The Morgan fingerprint density at radius 3 is 2.61 bits per heavy atom. The van der Waals surface area contributed by atoms with Crippen LogP contribution in [0.25, 0.3) is 0 Å². The van der Waals surface area contributed by atoms with Gasteiger partial charge in [0.15, 0.2) is 0 Å². The number of aryl methyl sites for hydroxylation is 3. The van der Waals surface area contributed by atoms with Crippen LogP contribution in [0.2, 0.25) is 0 Å². The van der Waals surface area contributed by atoms with Crippen molar-refractivity contribution in [3.05, 3.63) is 29.8 Å². The van der Waals surface area contributed by atoms with Gasteiger partial charge in [0.1, 0.15) is 0 Å². The summed E-state index contributed by atoms with van der Waals surface area (Å²) in [6, 6.07) is 2.08. The van der Waals surface area contributed by atoms with Crippen LogP contribution in [0.5, 0.6) is 0 Å². The molecule has 6 nitrogen and oxygen atoms in total. The first-order valence-corrected chi connectivity index (χ1v) is 5.97. The zero-order chi connectivity index (χ0) is 13.0. The topological polar surface area (TPSA) is 81.7 Å². The molecule has 96 valence electrons. The molecule has 0 saturated carbocycles. The van der Waals surface area contributed by atoms with Crippen LogP contribution in [0.15, 0.2) is 18.5 Å². The molecule has 0 radical (unpaired) electrons. The zero-order valence-corrected chi connectivity index (χ0v) is 10.7.